The van der Waals surface area contributed by atoms with Gasteiger partial charge >= 0.3 is 0 Å². The molecule has 3 aromatic rings. The average molecular weight is 382 g/mol. The van der Waals surface area contributed by atoms with Crippen LogP contribution in [0.1, 0.15) is 5.56 Å². The summed E-state index contributed by atoms with van der Waals surface area (Å²) in [7, 11) is 3.13. The molecule has 1 heterocycles. The molecule has 0 aliphatic heterocycles. The zero-order chi connectivity index (χ0) is 19.9. The maximum atomic E-state index is 12.9. The highest BCUT2D eigenvalue weighted by molar-refractivity contribution is 5.91. The van der Waals surface area contributed by atoms with Crippen LogP contribution in [0, 0.1) is 5.82 Å². The molecule has 28 heavy (non-hydrogen) atoms. The Hall–Kier alpha value is -3.68. The van der Waals surface area contributed by atoms with Crippen molar-refractivity contribution in [2.45, 2.75) is 6.42 Å². The lowest BCUT2D eigenvalue weighted by molar-refractivity contribution is -0.115. The molecule has 7 nitrogen and oxygen atoms in total. The van der Waals surface area contributed by atoms with Crippen molar-refractivity contribution in [1.29, 1.82) is 0 Å². The largest absolute Gasteiger partial charge is 0.493 e. The molecule has 0 saturated heterocycles. The van der Waals surface area contributed by atoms with Crippen LogP contribution in [0.15, 0.2) is 54.6 Å². The average Bonchev–Trinajstić information content (AvgIpc) is 2.71. The number of methoxy groups -OCH3 is 2. The molecule has 0 fully saturated rings. The van der Waals surface area contributed by atoms with Crippen LogP contribution in [-0.4, -0.2) is 30.3 Å². The molecular formula is C20H19FN4O3. The van der Waals surface area contributed by atoms with Crippen LogP contribution in [0.3, 0.4) is 0 Å². The van der Waals surface area contributed by atoms with E-state index in [9.17, 15) is 9.18 Å². The van der Waals surface area contributed by atoms with Crippen LogP contribution in [0.5, 0.6) is 11.5 Å². The van der Waals surface area contributed by atoms with E-state index >= 15 is 0 Å². The van der Waals surface area contributed by atoms with Gasteiger partial charge in [-0.3, -0.25) is 4.79 Å². The van der Waals surface area contributed by atoms with Crippen LogP contribution < -0.4 is 20.1 Å². The van der Waals surface area contributed by atoms with Gasteiger partial charge < -0.3 is 20.1 Å². The second-order valence-electron chi connectivity index (χ2n) is 5.85. The van der Waals surface area contributed by atoms with Gasteiger partial charge in [-0.1, -0.05) is 12.1 Å². The van der Waals surface area contributed by atoms with Gasteiger partial charge in [0.2, 0.25) is 5.91 Å². The van der Waals surface area contributed by atoms with Crippen molar-refractivity contribution in [2.75, 3.05) is 24.9 Å². The van der Waals surface area contributed by atoms with E-state index in [1.807, 2.05) is 6.07 Å². The number of nitrogens with one attached hydrogen (secondary N) is 2. The molecule has 0 aliphatic carbocycles. The molecular weight excluding hydrogens is 363 g/mol. The number of hydrogen-bond acceptors (Lipinski definition) is 6. The minimum absolute atomic E-state index is 0.119. The normalized spacial score (nSPS) is 10.2. The van der Waals surface area contributed by atoms with Crippen molar-refractivity contribution in [3.63, 3.8) is 0 Å². The molecule has 1 aromatic heterocycles. The van der Waals surface area contributed by atoms with Gasteiger partial charge in [0.05, 0.1) is 20.6 Å². The first-order chi connectivity index (χ1) is 13.6. The number of amides is 1. The number of aromatic nitrogens is 2. The predicted molar refractivity (Wildman–Crippen MR) is 104 cm³/mol. The molecule has 2 N–H and O–H groups in total. The molecule has 3 rings (SSSR count). The Morgan fingerprint density at radius 1 is 0.929 bits per heavy atom. The SMILES string of the molecule is COc1ccc(Nc2ccc(NC(=O)Cc3ccc(F)cc3)nn2)cc1OC. The minimum atomic E-state index is -0.340. The Bertz CT molecular complexity index is 947. The van der Waals surface area contributed by atoms with Gasteiger partial charge in [0.15, 0.2) is 23.1 Å². The van der Waals surface area contributed by atoms with Crippen LogP contribution in [0.2, 0.25) is 0 Å². The van der Waals surface area contributed by atoms with Crippen molar-refractivity contribution in [2.24, 2.45) is 0 Å². The third-order valence-corrected chi connectivity index (χ3v) is 3.87. The van der Waals surface area contributed by atoms with Crippen molar-refractivity contribution in [3.05, 3.63) is 66.0 Å². The fourth-order valence-electron chi connectivity index (χ4n) is 2.50. The Balaban J connectivity index is 1.60. The number of rotatable bonds is 7. The van der Waals surface area contributed by atoms with E-state index in [2.05, 4.69) is 20.8 Å². The lowest BCUT2D eigenvalue weighted by Gasteiger charge is -2.11. The van der Waals surface area contributed by atoms with Crippen LogP contribution in [-0.2, 0) is 11.2 Å². The van der Waals surface area contributed by atoms with Gasteiger partial charge in [0, 0.05) is 11.8 Å². The number of carbonyl (C=O) groups is 1. The zero-order valence-corrected chi connectivity index (χ0v) is 15.4. The summed E-state index contributed by atoms with van der Waals surface area (Å²) >= 11 is 0. The standard InChI is InChI=1S/C20H19FN4O3/c1-27-16-8-7-15(12-17(16)28-2)22-18-9-10-19(25-24-18)23-20(26)11-13-3-5-14(21)6-4-13/h3-10,12H,11H2,1-2H3,(H,22,24)(H,23,25,26). The zero-order valence-electron chi connectivity index (χ0n) is 15.4. The van der Waals surface area contributed by atoms with Crippen molar-refractivity contribution >= 4 is 23.2 Å². The number of ether oxygens (including phenoxy) is 2. The summed E-state index contributed by atoms with van der Waals surface area (Å²) < 4.78 is 23.4. The molecule has 0 radical (unpaired) electrons. The Morgan fingerprint density at radius 2 is 1.61 bits per heavy atom. The third kappa shape index (κ3) is 4.94. The highest BCUT2D eigenvalue weighted by Crippen LogP contribution is 2.30. The summed E-state index contributed by atoms with van der Waals surface area (Å²) in [5.74, 6) is 1.44. The summed E-state index contributed by atoms with van der Waals surface area (Å²) in [5, 5.41) is 13.8. The van der Waals surface area contributed by atoms with E-state index in [0.29, 0.717) is 28.7 Å². The maximum Gasteiger partial charge on any atom is 0.229 e. The molecule has 0 atom stereocenters. The monoisotopic (exact) mass is 382 g/mol. The Morgan fingerprint density at radius 3 is 2.25 bits per heavy atom. The second kappa shape index (κ2) is 8.81. The number of carbonyl (C=O) groups excluding carboxylic acids is 1. The van der Waals surface area contributed by atoms with Gasteiger partial charge in [-0.15, -0.1) is 10.2 Å². The van der Waals surface area contributed by atoms with Gasteiger partial charge in [0.25, 0.3) is 0 Å². The first kappa shape index (κ1) is 19.1. The Labute approximate surface area is 161 Å². The van der Waals surface area contributed by atoms with Crippen LogP contribution >= 0.6 is 0 Å². The predicted octanol–water partition coefficient (Wildman–Crippen LogP) is 3.56. The quantitative estimate of drug-likeness (QED) is 0.650. The summed E-state index contributed by atoms with van der Waals surface area (Å²) in [5.41, 5.74) is 1.46. The fraction of sp³-hybridized carbons (Fsp3) is 0.150. The Kier molecular flexibility index (Phi) is 6.01. The molecule has 0 saturated carbocycles. The topological polar surface area (TPSA) is 85.4 Å². The summed E-state index contributed by atoms with van der Waals surface area (Å²) in [6, 6.07) is 14.5. The summed E-state index contributed by atoms with van der Waals surface area (Å²) in [6.07, 6.45) is 0.119. The first-order valence-electron chi connectivity index (χ1n) is 8.44. The lowest BCUT2D eigenvalue weighted by atomic mass is 10.1. The van der Waals surface area contributed by atoms with E-state index < -0.39 is 0 Å². The highest BCUT2D eigenvalue weighted by Gasteiger charge is 2.08. The first-order valence-corrected chi connectivity index (χ1v) is 8.44. The van der Waals surface area contributed by atoms with E-state index in [4.69, 9.17) is 9.47 Å². The number of anilines is 3. The maximum absolute atomic E-state index is 12.9. The van der Waals surface area contributed by atoms with E-state index in [-0.39, 0.29) is 18.1 Å². The van der Waals surface area contributed by atoms with Crippen molar-refractivity contribution in [3.8, 4) is 11.5 Å². The smallest absolute Gasteiger partial charge is 0.229 e. The van der Waals surface area contributed by atoms with Gasteiger partial charge in [-0.2, -0.15) is 0 Å². The van der Waals surface area contributed by atoms with Crippen LogP contribution in [0.4, 0.5) is 21.7 Å². The van der Waals surface area contributed by atoms with E-state index in [0.717, 1.165) is 5.69 Å². The lowest BCUT2D eigenvalue weighted by Crippen LogP contribution is -2.15. The highest BCUT2D eigenvalue weighted by atomic mass is 19.1. The van der Waals surface area contributed by atoms with Crippen molar-refractivity contribution < 1.29 is 18.7 Å². The molecule has 8 heteroatoms. The number of nitrogens with zero attached hydrogens (tertiary/aromatic N) is 2. The van der Waals surface area contributed by atoms with Gasteiger partial charge in [-0.05, 0) is 42.0 Å². The van der Waals surface area contributed by atoms with Crippen molar-refractivity contribution in [1.82, 2.24) is 10.2 Å². The van der Waals surface area contributed by atoms with E-state index in [1.165, 1.54) is 12.1 Å². The molecule has 1 amide bonds. The molecule has 0 aliphatic rings. The fourth-order valence-corrected chi connectivity index (χ4v) is 2.50. The molecule has 0 unspecified atom stereocenters. The van der Waals surface area contributed by atoms with Gasteiger partial charge in [-0.25, -0.2) is 4.39 Å². The molecule has 144 valence electrons. The number of benzene rings is 2. The minimum Gasteiger partial charge on any atom is -0.493 e. The third-order valence-electron chi connectivity index (χ3n) is 3.87. The molecule has 2 aromatic carbocycles. The van der Waals surface area contributed by atoms with Crippen LogP contribution in [0.25, 0.3) is 0 Å². The number of halogens is 1. The molecule has 0 bridgehead atoms. The molecule has 0 spiro atoms. The second-order valence-corrected chi connectivity index (χ2v) is 5.85. The summed E-state index contributed by atoms with van der Waals surface area (Å²) in [4.78, 5) is 12.1. The number of hydrogen-bond donors (Lipinski definition) is 2. The van der Waals surface area contributed by atoms with Gasteiger partial charge in [0.1, 0.15) is 5.82 Å². The van der Waals surface area contributed by atoms with E-state index in [1.54, 1.807) is 50.6 Å². The summed E-state index contributed by atoms with van der Waals surface area (Å²) in [6.45, 7) is 0.